The second-order valence-corrected chi connectivity index (χ2v) is 15.0. The highest BCUT2D eigenvalue weighted by atomic mass is 16.4. The number of carboxylic acid groups (broad SMARTS) is 2. The molecule has 2 aliphatic rings. The zero-order valence-corrected chi connectivity index (χ0v) is 30.1. The first-order chi connectivity index (χ1) is 25.5. The van der Waals surface area contributed by atoms with Crippen LogP contribution in [-0.2, 0) is 5.41 Å². The lowest BCUT2D eigenvalue weighted by molar-refractivity contribution is 0.138. The largest absolute Gasteiger partial charge is 0.465 e. The molecule has 0 bridgehead atoms. The number of imidazole rings is 2. The second kappa shape index (κ2) is 13.5. The fourth-order valence-corrected chi connectivity index (χ4v) is 7.79. The van der Waals surface area contributed by atoms with Gasteiger partial charge in [-0.25, -0.2) is 19.6 Å². The van der Waals surface area contributed by atoms with E-state index in [4.69, 9.17) is 9.97 Å². The van der Waals surface area contributed by atoms with Crippen LogP contribution in [0.4, 0.5) is 9.59 Å². The molecular formula is C42H43N7O4. The Morgan fingerprint density at radius 2 is 1.13 bits per heavy atom. The quantitative estimate of drug-likeness (QED) is 0.130. The lowest BCUT2D eigenvalue weighted by Crippen LogP contribution is -2.29. The van der Waals surface area contributed by atoms with Crippen LogP contribution in [0.1, 0.15) is 75.8 Å². The highest BCUT2D eigenvalue weighted by Gasteiger charge is 2.33. The molecule has 0 radical (unpaired) electrons. The summed E-state index contributed by atoms with van der Waals surface area (Å²) >= 11 is 0. The van der Waals surface area contributed by atoms with Gasteiger partial charge in [-0.1, -0.05) is 81.4 Å². The van der Waals surface area contributed by atoms with Crippen LogP contribution in [0, 0.1) is 0 Å². The molecule has 2 atom stereocenters. The zero-order chi connectivity index (χ0) is 36.9. The Morgan fingerprint density at radius 1 is 0.660 bits per heavy atom. The summed E-state index contributed by atoms with van der Waals surface area (Å²) in [6, 6.07) is 27.1. The van der Waals surface area contributed by atoms with Crippen LogP contribution < -0.4 is 0 Å². The first-order valence-electron chi connectivity index (χ1n) is 18.2. The van der Waals surface area contributed by atoms with Gasteiger partial charge in [-0.15, -0.1) is 0 Å². The maximum Gasteiger partial charge on any atom is 0.407 e. The van der Waals surface area contributed by atoms with Crippen molar-refractivity contribution in [1.29, 1.82) is 0 Å². The summed E-state index contributed by atoms with van der Waals surface area (Å²) in [4.78, 5) is 42.4. The van der Waals surface area contributed by atoms with Crippen molar-refractivity contribution in [3.63, 3.8) is 0 Å². The molecule has 3 aromatic heterocycles. The highest BCUT2D eigenvalue weighted by molar-refractivity contribution is 5.84. The molecule has 270 valence electrons. The molecule has 2 fully saturated rings. The summed E-state index contributed by atoms with van der Waals surface area (Å²) in [7, 11) is 0. The zero-order valence-electron chi connectivity index (χ0n) is 30.1. The maximum atomic E-state index is 11.7. The van der Waals surface area contributed by atoms with E-state index in [-0.39, 0.29) is 17.5 Å². The average Bonchev–Trinajstić information content (AvgIpc) is 4.00. The molecule has 0 saturated carbocycles. The molecule has 3 aromatic carbocycles. The third-order valence-corrected chi connectivity index (χ3v) is 10.7. The van der Waals surface area contributed by atoms with Crippen molar-refractivity contribution in [1.82, 2.24) is 34.3 Å². The number of aromatic nitrogens is 5. The summed E-state index contributed by atoms with van der Waals surface area (Å²) in [5.74, 6) is 1.36. The van der Waals surface area contributed by atoms with Crippen molar-refractivity contribution in [3.05, 3.63) is 115 Å². The molecule has 4 N–H and O–H groups in total. The molecule has 53 heavy (non-hydrogen) atoms. The predicted octanol–water partition coefficient (Wildman–Crippen LogP) is 9.52. The van der Waals surface area contributed by atoms with Crippen molar-refractivity contribution in [2.45, 2.75) is 64.0 Å². The predicted molar refractivity (Wildman–Crippen MR) is 204 cm³/mol. The van der Waals surface area contributed by atoms with E-state index < -0.39 is 12.2 Å². The van der Waals surface area contributed by atoms with Gasteiger partial charge in [0, 0.05) is 54.1 Å². The van der Waals surface area contributed by atoms with Crippen molar-refractivity contribution in [2.75, 3.05) is 13.1 Å². The number of likely N-dealkylation sites (tertiary alicyclic amines) is 2. The first-order valence-corrected chi connectivity index (χ1v) is 18.2. The third-order valence-electron chi connectivity index (χ3n) is 10.7. The molecule has 6 aromatic rings. The first kappa shape index (κ1) is 34.0. The van der Waals surface area contributed by atoms with Gasteiger partial charge in [0.2, 0.25) is 0 Å². The van der Waals surface area contributed by atoms with Crippen LogP contribution in [-0.4, -0.2) is 69.8 Å². The Morgan fingerprint density at radius 3 is 1.62 bits per heavy atom. The molecule has 0 aliphatic carbocycles. The molecule has 11 nitrogen and oxygen atoms in total. The van der Waals surface area contributed by atoms with Gasteiger partial charge >= 0.3 is 12.2 Å². The summed E-state index contributed by atoms with van der Waals surface area (Å²) in [5, 5.41) is 19.2. The summed E-state index contributed by atoms with van der Waals surface area (Å²) in [5.41, 5.74) is 10.1. The van der Waals surface area contributed by atoms with Crippen molar-refractivity contribution >= 4 is 12.2 Å². The van der Waals surface area contributed by atoms with E-state index in [9.17, 15) is 19.8 Å². The van der Waals surface area contributed by atoms with Gasteiger partial charge < -0.3 is 24.7 Å². The van der Waals surface area contributed by atoms with Crippen LogP contribution in [0.3, 0.4) is 0 Å². The topological polar surface area (TPSA) is 143 Å². The van der Waals surface area contributed by atoms with E-state index in [2.05, 4.69) is 120 Å². The number of hydrogen-bond donors (Lipinski definition) is 4. The summed E-state index contributed by atoms with van der Waals surface area (Å²) < 4.78 is 2.22. The monoisotopic (exact) mass is 709 g/mol. The molecule has 2 amide bonds. The van der Waals surface area contributed by atoms with E-state index in [1.807, 2.05) is 12.4 Å². The Labute approximate surface area is 308 Å². The van der Waals surface area contributed by atoms with E-state index in [1.54, 1.807) is 0 Å². The lowest BCUT2D eigenvalue weighted by atomic mass is 9.86. The van der Waals surface area contributed by atoms with Crippen molar-refractivity contribution < 1.29 is 19.8 Å². The number of nitrogens with one attached hydrogen (secondary N) is 2. The Balaban J connectivity index is 1.10. The van der Waals surface area contributed by atoms with E-state index in [1.165, 1.54) is 15.4 Å². The Bertz CT molecular complexity index is 2130. The number of rotatable bonds is 7. The Kier molecular flexibility index (Phi) is 8.64. The summed E-state index contributed by atoms with van der Waals surface area (Å²) in [6.07, 6.45) is 7.15. The molecule has 0 unspecified atom stereocenters. The van der Waals surface area contributed by atoms with Crippen LogP contribution in [0.25, 0.3) is 50.6 Å². The summed E-state index contributed by atoms with van der Waals surface area (Å²) in [6.45, 7) is 7.70. The normalized spacial score (nSPS) is 17.5. The SMILES string of the molecule is CC(C)(C)c1ccc(-c2c(-c3ccc(-c4c[nH]c([C@@H]5CCCN5C(=O)O)n4)cc3)ccn2-c2ccc(-c3c[nH]c([C@@H]4CCCN4C(=O)O)n3)cc2)cc1. The molecule has 2 saturated heterocycles. The molecule has 8 rings (SSSR count). The maximum absolute atomic E-state index is 11.7. The molecule has 0 spiro atoms. The number of amides is 2. The van der Waals surface area contributed by atoms with Crippen LogP contribution in [0.2, 0.25) is 0 Å². The van der Waals surface area contributed by atoms with Gasteiger partial charge in [0.15, 0.2) is 0 Å². The Hall–Kier alpha value is -6.10. The van der Waals surface area contributed by atoms with Crippen molar-refractivity contribution in [2.24, 2.45) is 0 Å². The highest BCUT2D eigenvalue weighted by Crippen LogP contribution is 2.38. The van der Waals surface area contributed by atoms with Crippen molar-refractivity contribution in [3.8, 4) is 50.6 Å². The standard InChI is InChI=1S/C42H43N7O4/c1-42(2,3)30-16-12-29(13-17-30)37-32(26-8-10-27(11-9-26)33-24-43-38(45-33)35-6-4-21-48(35)40(50)51)20-23-47(37)31-18-14-28(15-19-31)34-25-44-39(46-34)36-7-5-22-49(36)41(52)53/h8-20,23-25,35-36H,4-7,21-22H2,1-3H3,(H,43,45)(H,44,46)(H,50,51)(H,52,53)/t35-,36-/m0/s1. The van der Waals surface area contributed by atoms with Gasteiger partial charge in [-0.3, -0.25) is 9.80 Å². The number of carbonyl (C=O) groups is 2. The van der Waals surface area contributed by atoms with Gasteiger partial charge in [0.05, 0.1) is 29.2 Å². The molecule has 5 heterocycles. The third kappa shape index (κ3) is 6.47. The van der Waals surface area contributed by atoms with E-state index in [0.717, 1.165) is 76.3 Å². The van der Waals surface area contributed by atoms with Crippen LogP contribution in [0.5, 0.6) is 0 Å². The van der Waals surface area contributed by atoms with Gasteiger partial charge in [-0.2, -0.15) is 0 Å². The van der Waals surface area contributed by atoms with Gasteiger partial charge in [-0.05, 0) is 66.0 Å². The lowest BCUT2D eigenvalue weighted by Gasteiger charge is -2.20. The fraction of sp³-hybridized carbons (Fsp3) is 0.286. The fourth-order valence-electron chi connectivity index (χ4n) is 7.79. The van der Waals surface area contributed by atoms with E-state index >= 15 is 0 Å². The van der Waals surface area contributed by atoms with Gasteiger partial charge in [0.25, 0.3) is 0 Å². The van der Waals surface area contributed by atoms with Crippen LogP contribution >= 0.6 is 0 Å². The number of benzene rings is 3. The number of hydrogen-bond acceptors (Lipinski definition) is 4. The molecular weight excluding hydrogens is 667 g/mol. The van der Waals surface area contributed by atoms with E-state index in [0.29, 0.717) is 24.7 Å². The molecule has 2 aliphatic heterocycles. The minimum Gasteiger partial charge on any atom is -0.465 e. The second-order valence-electron chi connectivity index (χ2n) is 15.0. The number of aromatic amines is 2. The number of nitrogens with zero attached hydrogens (tertiary/aromatic N) is 5. The number of H-pyrrole nitrogens is 2. The smallest absolute Gasteiger partial charge is 0.407 e. The minimum absolute atomic E-state index is 0.0284. The minimum atomic E-state index is -0.915. The molecule has 11 heteroatoms. The average molecular weight is 710 g/mol. The van der Waals surface area contributed by atoms with Crippen LogP contribution in [0.15, 0.2) is 97.5 Å². The van der Waals surface area contributed by atoms with Gasteiger partial charge in [0.1, 0.15) is 11.6 Å².